The fourth-order valence-electron chi connectivity index (χ4n) is 32.2. The topological polar surface area (TPSA) is 341 Å². The molecule has 134 heavy (non-hydrogen) atoms. The fourth-order valence-corrected chi connectivity index (χ4v) is 38.4. The summed E-state index contributed by atoms with van der Waals surface area (Å²) in [5.74, 6) is 9.61. The van der Waals surface area contributed by atoms with E-state index in [1.807, 2.05) is 91.0 Å². The fraction of sp³-hybridized carbons (Fsp3) is 0.689. The third kappa shape index (κ3) is 20.7. The largest absolute Gasteiger partial charge is 0.393 e. The molecule has 18 rings (SSSR count). The zero-order chi connectivity index (χ0) is 96.7. The number of aliphatic imine (C=N–C) groups is 1. The van der Waals surface area contributed by atoms with Crippen molar-refractivity contribution in [2.75, 3.05) is 19.6 Å². The van der Waals surface area contributed by atoms with Gasteiger partial charge in [0.1, 0.15) is 12.6 Å². The van der Waals surface area contributed by atoms with Crippen molar-refractivity contribution in [3.63, 3.8) is 0 Å². The number of thiophene rings is 3. The van der Waals surface area contributed by atoms with E-state index in [9.17, 15) is 65.2 Å². The number of primary sulfonamides is 1. The van der Waals surface area contributed by atoms with Crippen molar-refractivity contribution in [3.8, 4) is 31.3 Å². The maximum Gasteiger partial charge on any atom is 0.328 e. The van der Waals surface area contributed by atoms with Gasteiger partial charge in [0.15, 0.2) is 0 Å². The second kappa shape index (κ2) is 42.9. The molecule has 0 unspecified atom stereocenters. The van der Waals surface area contributed by atoms with Gasteiger partial charge in [0.05, 0.1) is 37.1 Å². The predicted octanol–water partition coefficient (Wildman–Crippen LogP) is 20.6. The molecule has 28 heteroatoms. The third-order valence-electron chi connectivity index (χ3n) is 38.5. The van der Waals surface area contributed by atoms with E-state index in [1.54, 1.807) is 36.4 Å². The van der Waals surface area contributed by atoms with Crippen LogP contribution in [0.5, 0.6) is 0 Å². The average Bonchev–Trinajstić information content (AvgIpc) is 1.67. The smallest absolute Gasteiger partial charge is 0.328 e. The van der Waals surface area contributed by atoms with Crippen LogP contribution in [0.3, 0.4) is 0 Å². The van der Waals surface area contributed by atoms with Crippen molar-refractivity contribution in [1.29, 1.82) is 1.34 Å². The summed E-state index contributed by atoms with van der Waals surface area (Å²) >= 11 is 3.47. The summed E-state index contributed by atoms with van der Waals surface area (Å²) in [6, 6.07) is 37.3. The van der Waals surface area contributed by atoms with Gasteiger partial charge >= 0.3 is 12.1 Å². The second-order valence-electron chi connectivity index (χ2n) is 44.8. The maximum absolute atomic E-state index is 13.0. The number of fused-ring (bicyclic) bond motifs is 15. The molecule has 0 spiro atoms. The third-order valence-corrected chi connectivity index (χ3v) is 47.0. The number of aliphatic hydroxyl groups excluding tert-OH is 5. The summed E-state index contributed by atoms with van der Waals surface area (Å²) in [5, 5.41) is 67.5. The molecular weight excluding hydrogens is 2020 g/mol. The van der Waals surface area contributed by atoms with Crippen LogP contribution in [0.2, 0.25) is 0 Å². The average molecular weight is 2180 g/mol. The van der Waals surface area contributed by atoms with Gasteiger partial charge < -0.3 is 36.2 Å². The van der Waals surface area contributed by atoms with E-state index in [4.69, 9.17) is 6.47 Å². The zero-order valence-electron chi connectivity index (χ0n) is 82.3. The molecule has 11 N–H and O–H groups in total. The number of carbonyl (C=O) groups is 2. The van der Waals surface area contributed by atoms with Crippen LogP contribution in [0.15, 0.2) is 145 Å². The standard InChI is InChI=1S/2C35H50N2O5S2.C26H43NO2.C10H9NO2S2.BH.U/c2*1-5-24-28-19-23(38)15-17-35(28,4)27-16-18-34(3)25(11-12-26(34)31(27)32(24)39)21(2)20-36-33(40)37-44(41,42)30-14-13-29(43-30)22-9-7-6-8-10-22;1-6-18-22-13-16(2)9-11-26(22,5)21-10-12-25(4)19(17(3)14-27-15-28)7-8-20(25)23(21)24(18)29;11-15(12,13)10-7-6-9(14-10)8-4-2-1-3-5-8;;/h2*6-10,13-14,21,23-28,31-32,38-39H,5,11-12,15-20H2,1-4H3,(H2,36,37,40);16-24,29H,6-14H2,1-5H3;1-7H,(H2,11,12,13);1H;/t2*21-,23-,24-,25-,26+,27+,28+,31+,32-,34-,35-;16-,17-,18-,19-,20+,21+,22+,23+,24-,25-,26-;;;/m111.../s1/i;;;;1D;. The number of nitrogens with zero attached hydrogens (tertiary/aromatic N) is 1. The van der Waals surface area contributed by atoms with Crippen molar-refractivity contribution in [2.45, 2.75) is 287 Å². The van der Waals surface area contributed by atoms with Crippen LogP contribution < -0.4 is 25.2 Å². The van der Waals surface area contributed by atoms with Crippen LogP contribution in [-0.4, -0.2) is 129 Å². The van der Waals surface area contributed by atoms with Crippen molar-refractivity contribution < 1.29 is 96.3 Å². The number of benzene rings is 3. The number of rotatable bonds is 20. The molecule has 0 bridgehead atoms. The molecule has 12 fully saturated rings. The first-order valence-corrected chi connectivity index (χ1v) is 57.1. The molecule has 33 atom stereocenters. The maximum atomic E-state index is 13.0. The van der Waals surface area contributed by atoms with E-state index in [0.29, 0.717) is 119 Å². The molecule has 3 aromatic carbocycles. The van der Waals surface area contributed by atoms with Gasteiger partial charge in [-0.1, -0.05) is 207 Å². The van der Waals surface area contributed by atoms with Crippen molar-refractivity contribution in [1.82, 2.24) is 20.1 Å². The van der Waals surface area contributed by atoms with E-state index >= 15 is 0 Å². The number of isocyanates is 1. The van der Waals surface area contributed by atoms with Crippen molar-refractivity contribution in [3.05, 3.63) is 127 Å². The minimum atomic E-state index is -3.98. The number of urea groups is 2. The summed E-state index contributed by atoms with van der Waals surface area (Å²) in [5.41, 5.74) is 4.08. The van der Waals surface area contributed by atoms with Crippen LogP contribution >= 0.6 is 34.0 Å². The number of sulfonamides is 3. The minimum Gasteiger partial charge on any atom is -0.393 e. The zero-order valence-corrected chi connectivity index (χ0v) is 90.3. The van der Waals surface area contributed by atoms with E-state index in [1.165, 1.54) is 62.3 Å². The molecule has 2 radical (unpaired) electrons. The molecule has 3 heterocycles. The number of nitrogens with two attached hydrogens (primary N) is 1. The van der Waals surface area contributed by atoms with E-state index < -0.39 is 42.1 Å². The summed E-state index contributed by atoms with van der Waals surface area (Å²) < 4.78 is 84.2. The predicted molar refractivity (Wildman–Crippen MR) is 534 cm³/mol. The summed E-state index contributed by atoms with van der Waals surface area (Å²) in [7, 11) is -7.78. The first-order valence-electron chi connectivity index (χ1n) is 50.7. The molecule has 12 aliphatic rings. The first kappa shape index (κ1) is 105. The van der Waals surface area contributed by atoms with Crippen LogP contribution in [0.25, 0.3) is 31.3 Å². The van der Waals surface area contributed by atoms with Crippen LogP contribution in [0, 0.1) is 194 Å². The van der Waals surface area contributed by atoms with Gasteiger partial charge in [-0.15, -0.1) is 34.0 Å². The van der Waals surface area contributed by atoms with Gasteiger partial charge in [0.2, 0.25) is 16.1 Å². The molecule has 0 saturated heterocycles. The number of hydrogen-bond donors (Lipinski definition) is 10. The molecule has 4 amide bonds. The normalized spacial score (nSPS) is 38.4. The number of aliphatic hydroxyl groups is 5. The van der Waals surface area contributed by atoms with Crippen molar-refractivity contribution in [2.24, 2.45) is 173 Å². The molecule has 3 aromatic heterocycles. The molecule has 20 nitrogen and oxygen atoms in total. The van der Waals surface area contributed by atoms with Gasteiger partial charge in [0.25, 0.3) is 20.0 Å². The Morgan fingerprint density at radius 3 is 1.05 bits per heavy atom. The van der Waals surface area contributed by atoms with E-state index in [0.717, 1.165) is 169 Å². The van der Waals surface area contributed by atoms with Gasteiger partial charge in [0, 0.05) is 67.2 Å². The van der Waals surface area contributed by atoms with E-state index in [-0.39, 0.29) is 131 Å². The Labute approximate surface area is 839 Å². The summed E-state index contributed by atoms with van der Waals surface area (Å²) in [6.07, 6.45) is 26.8. The minimum absolute atomic E-state index is 0. The summed E-state index contributed by atoms with van der Waals surface area (Å²) in [6.45, 7) is 32.1. The Morgan fingerprint density at radius 2 is 0.731 bits per heavy atom. The Bertz CT molecular complexity index is 5170. The number of hydrogen-bond acceptors (Lipinski definition) is 18. The Hall–Kier alpha value is -4.59. The first-order chi connectivity index (χ1) is 63.6. The van der Waals surface area contributed by atoms with Crippen molar-refractivity contribution >= 4 is 90.6 Å². The van der Waals surface area contributed by atoms with Gasteiger partial charge in [-0.25, -0.2) is 59.2 Å². The second-order valence-corrected chi connectivity index (χ2v) is 53.7. The Morgan fingerprint density at radius 1 is 0.433 bits per heavy atom. The molecule has 0 aliphatic heterocycles. The number of carbonyl (C=O) groups excluding carboxylic acids is 3. The van der Waals surface area contributed by atoms with Crippen LogP contribution in [0.4, 0.5) is 9.59 Å². The van der Waals surface area contributed by atoms with Crippen LogP contribution in [0.1, 0.15) is 244 Å². The molecular formula is C106H153BN6O14S6U. The Kier molecular flexibility index (Phi) is 33.7. The molecule has 12 saturated carbocycles. The molecule has 6 aromatic rings. The van der Waals surface area contributed by atoms with Gasteiger partial charge in [-0.3, -0.25) is 0 Å². The van der Waals surface area contributed by atoms with Gasteiger partial charge in [-0.2, -0.15) is 0 Å². The Balaban J connectivity index is 0.000000160. The molecule has 12 aliphatic carbocycles. The van der Waals surface area contributed by atoms with Crippen LogP contribution in [-0.2, 0) is 34.9 Å². The number of amides is 4. The number of nitrogens with one attached hydrogen (secondary N) is 4. The molecule has 734 valence electrons. The SMILES string of the molecule is CC[C@H]1[C@@H](O)[C@@H]2[C@H](CC[C@]3(C)[C@@H]([C@H](C)CN=C=O)CC[C@@H]23)[C@@]2(C)CC[C@@H](C)C[C@@H]12.CC[C@H]1[C@@H](O)[C@@H]2[C@H](CC[C@]3(C)[C@@H]([C@H](C)CNC(=O)NS(=O)(=O)c4ccc(-c5ccccc5)s4)CC[C@@H]23)[C@@]2(C)CC[C@@H](O)C[C@@H]12.CC[C@H]1[C@@H](O)[C@@H]2[C@H](CC[C@]3(C)[C@@H]([C@H](C)CNC(=O)NS(=O)(=O)c4ccc(-c5ccccc5)s4)CC[C@@H]23)[C@@]2(C)CC[C@@H](O)C[C@@H]12.NS(=O)(=O)c1ccc(-c2ccccc2)s1.[2H][B].[U]. The van der Waals surface area contributed by atoms with E-state index in [2.05, 4.69) is 123 Å². The quantitative estimate of drug-likeness (QED) is 0.0193. The monoisotopic (exact) mass is 2180 g/mol. The summed E-state index contributed by atoms with van der Waals surface area (Å²) in [4.78, 5) is 42.8. The van der Waals surface area contributed by atoms with Gasteiger partial charge in [-0.05, 0) is 346 Å².